The van der Waals surface area contributed by atoms with Crippen molar-refractivity contribution in [1.82, 2.24) is 10.3 Å². The molecule has 1 saturated carbocycles. The Morgan fingerprint density at radius 3 is 3.00 bits per heavy atom. The minimum Gasteiger partial charge on any atom is -0.377 e. The maximum absolute atomic E-state index is 5.59. The van der Waals surface area contributed by atoms with Crippen molar-refractivity contribution in [2.75, 3.05) is 13.7 Å². The predicted octanol–water partition coefficient (Wildman–Crippen LogP) is 1.73. The first-order valence-electron chi connectivity index (χ1n) is 6.03. The number of aromatic nitrogens is 1. The molecule has 5 heteroatoms. The number of rotatable bonds is 6. The van der Waals surface area contributed by atoms with Gasteiger partial charge in [0.05, 0.1) is 17.2 Å². The second-order valence-corrected chi connectivity index (χ2v) is 5.58. The van der Waals surface area contributed by atoms with E-state index < -0.39 is 0 Å². The van der Waals surface area contributed by atoms with Crippen molar-refractivity contribution in [3.8, 4) is 0 Å². The molecule has 0 radical (unpaired) electrons. The van der Waals surface area contributed by atoms with Gasteiger partial charge in [0, 0.05) is 37.4 Å². The van der Waals surface area contributed by atoms with Gasteiger partial charge in [-0.1, -0.05) is 0 Å². The highest BCUT2D eigenvalue weighted by Gasteiger charge is 2.41. The van der Waals surface area contributed by atoms with Crippen LogP contribution in [0.5, 0.6) is 0 Å². The zero-order chi connectivity index (χ0) is 12.3. The molecule has 1 aliphatic rings. The van der Waals surface area contributed by atoms with E-state index in [-0.39, 0.29) is 12.2 Å². The van der Waals surface area contributed by atoms with Crippen LogP contribution in [0.2, 0.25) is 0 Å². The highest BCUT2D eigenvalue weighted by atomic mass is 32.1. The largest absolute Gasteiger partial charge is 0.377 e. The van der Waals surface area contributed by atoms with Crippen LogP contribution in [0.3, 0.4) is 0 Å². The summed E-state index contributed by atoms with van der Waals surface area (Å²) in [5, 5.41) is 4.62. The average molecular weight is 256 g/mol. The van der Waals surface area contributed by atoms with Crippen molar-refractivity contribution in [2.24, 2.45) is 0 Å². The minimum atomic E-state index is 0.184. The van der Waals surface area contributed by atoms with Gasteiger partial charge in [-0.2, -0.15) is 0 Å². The van der Waals surface area contributed by atoms with E-state index in [0.717, 1.165) is 24.6 Å². The number of ether oxygens (including phenoxy) is 2. The van der Waals surface area contributed by atoms with E-state index in [0.29, 0.717) is 6.04 Å². The van der Waals surface area contributed by atoms with Crippen molar-refractivity contribution in [2.45, 2.75) is 45.1 Å². The molecule has 0 bridgehead atoms. The maximum atomic E-state index is 5.59. The van der Waals surface area contributed by atoms with E-state index in [2.05, 4.69) is 10.3 Å². The Morgan fingerprint density at radius 2 is 2.41 bits per heavy atom. The van der Waals surface area contributed by atoms with Crippen molar-refractivity contribution in [1.29, 1.82) is 0 Å². The topological polar surface area (TPSA) is 43.4 Å². The van der Waals surface area contributed by atoms with Crippen LogP contribution in [0, 0.1) is 6.92 Å². The minimum absolute atomic E-state index is 0.184. The number of hydrogen-bond donors (Lipinski definition) is 1. The zero-order valence-corrected chi connectivity index (χ0v) is 11.4. The van der Waals surface area contributed by atoms with Gasteiger partial charge in [-0.25, -0.2) is 4.98 Å². The molecule has 2 rings (SSSR count). The Balaban J connectivity index is 1.77. The molecule has 3 unspecified atom stereocenters. The fourth-order valence-electron chi connectivity index (χ4n) is 2.19. The molecule has 1 aromatic heterocycles. The van der Waals surface area contributed by atoms with Gasteiger partial charge in [0.2, 0.25) is 0 Å². The first kappa shape index (κ1) is 13.0. The quantitative estimate of drug-likeness (QED) is 0.842. The van der Waals surface area contributed by atoms with Crippen LogP contribution in [-0.2, 0) is 16.0 Å². The highest BCUT2D eigenvalue weighted by Crippen LogP contribution is 2.27. The zero-order valence-electron chi connectivity index (χ0n) is 10.6. The van der Waals surface area contributed by atoms with Gasteiger partial charge in [0.15, 0.2) is 0 Å². The van der Waals surface area contributed by atoms with Crippen LogP contribution in [0.15, 0.2) is 6.20 Å². The Kier molecular flexibility index (Phi) is 4.50. The fourth-order valence-corrected chi connectivity index (χ4v) is 2.94. The monoisotopic (exact) mass is 256 g/mol. The van der Waals surface area contributed by atoms with Gasteiger partial charge >= 0.3 is 0 Å². The molecular weight excluding hydrogens is 236 g/mol. The van der Waals surface area contributed by atoms with Gasteiger partial charge in [-0.15, -0.1) is 11.3 Å². The highest BCUT2D eigenvalue weighted by molar-refractivity contribution is 7.11. The average Bonchev–Trinajstić information content (AvgIpc) is 2.69. The van der Waals surface area contributed by atoms with E-state index in [1.54, 1.807) is 18.4 Å². The summed E-state index contributed by atoms with van der Waals surface area (Å²) in [6.45, 7) is 5.67. The van der Waals surface area contributed by atoms with Gasteiger partial charge in [-0.3, -0.25) is 0 Å². The lowest BCUT2D eigenvalue weighted by Crippen LogP contribution is -2.59. The molecule has 1 aliphatic carbocycles. The number of hydrogen-bond acceptors (Lipinski definition) is 5. The van der Waals surface area contributed by atoms with E-state index >= 15 is 0 Å². The van der Waals surface area contributed by atoms with Crippen LogP contribution < -0.4 is 5.32 Å². The third kappa shape index (κ3) is 3.04. The smallest absolute Gasteiger partial charge is 0.0986 e. The number of nitrogens with one attached hydrogen (secondary N) is 1. The van der Waals surface area contributed by atoms with Gasteiger partial charge in [0.1, 0.15) is 0 Å². The van der Waals surface area contributed by atoms with Gasteiger partial charge in [0.25, 0.3) is 0 Å². The van der Waals surface area contributed by atoms with E-state index in [9.17, 15) is 0 Å². The SMILES string of the molecule is CCOC1CC(NCc2cnc(C)s2)C1OC. The lowest BCUT2D eigenvalue weighted by Gasteiger charge is -2.43. The third-order valence-electron chi connectivity index (χ3n) is 3.11. The summed E-state index contributed by atoms with van der Waals surface area (Å²) in [6.07, 6.45) is 3.41. The Hall–Kier alpha value is -0.490. The van der Waals surface area contributed by atoms with E-state index in [1.807, 2.05) is 20.0 Å². The predicted molar refractivity (Wildman–Crippen MR) is 68.3 cm³/mol. The molecule has 1 N–H and O–H groups in total. The van der Waals surface area contributed by atoms with Crippen LogP contribution in [0.4, 0.5) is 0 Å². The van der Waals surface area contributed by atoms with Gasteiger partial charge < -0.3 is 14.8 Å². The van der Waals surface area contributed by atoms with Crippen molar-refractivity contribution >= 4 is 11.3 Å². The Morgan fingerprint density at radius 1 is 1.59 bits per heavy atom. The third-order valence-corrected chi connectivity index (χ3v) is 4.02. The molecule has 1 heterocycles. The van der Waals surface area contributed by atoms with Crippen molar-refractivity contribution < 1.29 is 9.47 Å². The van der Waals surface area contributed by atoms with Crippen molar-refractivity contribution in [3.05, 3.63) is 16.1 Å². The number of nitrogens with zero attached hydrogens (tertiary/aromatic N) is 1. The molecule has 3 atom stereocenters. The first-order valence-corrected chi connectivity index (χ1v) is 6.85. The number of thiazole rings is 1. The number of aryl methyl sites for hydroxylation is 1. The molecule has 0 amide bonds. The molecule has 0 saturated heterocycles. The summed E-state index contributed by atoms with van der Waals surface area (Å²) in [4.78, 5) is 5.52. The normalized spacial score (nSPS) is 28.1. The second-order valence-electron chi connectivity index (χ2n) is 4.26. The summed E-state index contributed by atoms with van der Waals surface area (Å²) >= 11 is 1.74. The molecule has 4 nitrogen and oxygen atoms in total. The molecule has 0 spiro atoms. The maximum Gasteiger partial charge on any atom is 0.0986 e. The molecule has 0 aromatic carbocycles. The summed E-state index contributed by atoms with van der Waals surface area (Å²) in [5.41, 5.74) is 0. The van der Waals surface area contributed by atoms with Crippen LogP contribution in [-0.4, -0.2) is 37.0 Å². The Labute approximate surface area is 106 Å². The summed E-state index contributed by atoms with van der Waals surface area (Å²) in [6, 6.07) is 0.402. The molecule has 1 fully saturated rings. The summed E-state index contributed by atoms with van der Waals surface area (Å²) in [7, 11) is 1.75. The molecule has 0 aliphatic heterocycles. The summed E-state index contributed by atoms with van der Waals surface area (Å²) in [5.74, 6) is 0. The van der Waals surface area contributed by atoms with E-state index in [4.69, 9.17) is 9.47 Å². The molecule has 96 valence electrons. The standard InChI is InChI=1S/C12H20N2O2S/c1-4-16-11-5-10(12(11)15-3)14-7-9-6-13-8(2)17-9/h6,10-12,14H,4-5,7H2,1-3H3. The molecule has 1 aromatic rings. The van der Waals surface area contributed by atoms with Crippen LogP contribution >= 0.6 is 11.3 Å². The van der Waals surface area contributed by atoms with E-state index in [1.165, 1.54) is 4.88 Å². The number of methoxy groups -OCH3 is 1. The molecule has 17 heavy (non-hydrogen) atoms. The lowest BCUT2D eigenvalue weighted by atomic mass is 9.85. The second kappa shape index (κ2) is 5.91. The van der Waals surface area contributed by atoms with Crippen molar-refractivity contribution in [3.63, 3.8) is 0 Å². The molecular formula is C12H20N2O2S. The summed E-state index contributed by atoms with van der Waals surface area (Å²) < 4.78 is 11.1. The lowest BCUT2D eigenvalue weighted by molar-refractivity contribution is -0.131. The van der Waals surface area contributed by atoms with Crippen LogP contribution in [0.1, 0.15) is 23.2 Å². The fraction of sp³-hybridized carbons (Fsp3) is 0.750. The first-order chi connectivity index (χ1) is 8.24. The Bertz CT molecular complexity index is 356. The van der Waals surface area contributed by atoms with Gasteiger partial charge in [-0.05, 0) is 20.3 Å². The van der Waals surface area contributed by atoms with Crippen LogP contribution in [0.25, 0.3) is 0 Å².